The van der Waals surface area contributed by atoms with Gasteiger partial charge in [-0.2, -0.15) is 0 Å². The average Bonchev–Trinajstić information content (AvgIpc) is 2.69. The molecule has 1 heteroatoms. The van der Waals surface area contributed by atoms with Gasteiger partial charge in [-0.05, 0) is 56.1 Å². The molecule has 0 N–H and O–H groups in total. The molecule has 2 unspecified atom stereocenters. The summed E-state index contributed by atoms with van der Waals surface area (Å²) in [6.45, 7) is 5.54. The SMILES string of the molecule is CCCCCCCCC1CC=C(C(C)CCCOc2ccccc2)CC1. The minimum absolute atomic E-state index is 0.726. The van der Waals surface area contributed by atoms with E-state index in [0.717, 1.165) is 30.6 Å². The second kappa shape index (κ2) is 13.0. The zero-order valence-corrected chi connectivity index (χ0v) is 17.2. The first-order valence-electron chi connectivity index (χ1n) is 11.2. The molecule has 1 aliphatic carbocycles. The van der Waals surface area contributed by atoms with Crippen LogP contribution in [-0.4, -0.2) is 6.61 Å². The number of rotatable bonds is 13. The van der Waals surface area contributed by atoms with Crippen LogP contribution in [0.4, 0.5) is 0 Å². The highest BCUT2D eigenvalue weighted by molar-refractivity contribution is 5.20. The molecule has 1 nitrogen and oxygen atoms in total. The predicted molar refractivity (Wildman–Crippen MR) is 114 cm³/mol. The maximum absolute atomic E-state index is 5.82. The standard InChI is InChI=1S/C25H40O/c1-3-4-5-6-7-9-14-23-17-19-24(20-18-23)22(2)13-12-21-26-25-15-10-8-11-16-25/h8,10-11,15-16,19,22-23H,3-7,9,12-14,17-18,20-21H2,1-2H3. The van der Waals surface area contributed by atoms with Crippen LogP contribution in [0.5, 0.6) is 5.75 Å². The van der Waals surface area contributed by atoms with E-state index in [2.05, 4.69) is 19.9 Å². The Hall–Kier alpha value is -1.24. The van der Waals surface area contributed by atoms with Crippen LogP contribution in [0.25, 0.3) is 0 Å². The highest BCUT2D eigenvalue weighted by Crippen LogP contribution is 2.32. The third kappa shape index (κ3) is 8.43. The number of benzene rings is 1. The Morgan fingerprint density at radius 2 is 1.77 bits per heavy atom. The van der Waals surface area contributed by atoms with Gasteiger partial charge in [0, 0.05) is 0 Å². The molecule has 0 fully saturated rings. The number of para-hydroxylation sites is 1. The Bertz CT molecular complexity index is 490. The van der Waals surface area contributed by atoms with E-state index in [-0.39, 0.29) is 0 Å². The Balaban J connectivity index is 1.54. The quantitative estimate of drug-likeness (QED) is 0.257. The van der Waals surface area contributed by atoms with Crippen molar-refractivity contribution in [3.05, 3.63) is 42.0 Å². The topological polar surface area (TPSA) is 9.23 Å². The van der Waals surface area contributed by atoms with Crippen molar-refractivity contribution >= 4 is 0 Å². The summed E-state index contributed by atoms with van der Waals surface area (Å²) < 4.78 is 5.82. The molecule has 0 heterocycles. The van der Waals surface area contributed by atoms with Crippen molar-refractivity contribution in [1.29, 1.82) is 0 Å². The molecule has 0 saturated carbocycles. The van der Waals surface area contributed by atoms with Crippen molar-refractivity contribution < 1.29 is 4.74 Å². The molecule has 1 aromatic carbocycles. The summed E-state index contributed by atoms with van der Waals surface area (Å²) in [6.07, 6.45) is 19.1. The van der Waals surface area contributed by atoms with Crippen LogP contribution in [0, 0.1) is 11.8 Å². The van der Waals surface area contributed by atoms with Gasteiger partial charge in [-0.1, -0.05) is 88.6 Å². The Kier molecular flexibility index (Phi) is 10.5. The molecular formula is C25H40O. The van der Waals surface area contributed by atoms with Crippen molar-refractivity contribution in [3.63, 3.8) is 0 Å². The van der Waals surface area contributed by atoms with Crippen LogP contribution in [0.1, 0.15) is 90.9 Å². The molecule has 0 spiro atoms. The minimum atomic E-state index is 0.726. The van der Waals surface area contributed by atoms with Crippen molar-refractivity contribution in [2.75, 3.05) is 6.61 Å². The molecule has 2 rings (SSSR count). The van der Waals surface area contributed by atoms with E-state index >= 15 is 0 Å². The Labute approximate surface area is 162 Å². The van der Waals surface area contributed by atoms with E-state index in [4.69, 9.17) is 4.74 Å². The highest BCUT2D eigenvalue weighted by Gasteiger charge is 2.17. The number of ether oxygens (including phenoxy) is 1. The second-order valence-electron chi connectivity index (χ2n) is 8.18. The summed E-state index contributed by atoms with van der Waals surface area (Å²) in [5.74, 6) is 2.68. The lowest BCUT2D eigenvalue weighted by molar-refractivity contribution is 0.297. The molecule has 26 heavy (non-hydrogen) atoms. The summed E-state index contributed by atoms with van der Waals surface area (Å²) in [7, 11) is 0. The van der Waals surface area contributed by atoms with Gasteiger partial charge in [0.25, 0.3) is 0 Å². The fraction of sp³-hybridized carbons (Fsp3) is 0.680. The lowest BCUT2D eigenvalue weighted by atomic mass is 9.81. The molecule has 0 bridgehead atoms. The van der Waals surface area contributed by atoms with E-state index in [0.29, 0.717) is 0 Å². The fourth-order valence-electron chi connectivity index (χ4n) is 4.11. The number of hydrogen-bond donors (Lipinski definition) is 0. The lowest BCUT2D eigenvalue weighted by Gasteiger charge is -2.25. The zero-order valence-electron chi connectivity index (χ0n) is 17.2. The smallest absolute Gasteiger partial charge is 0.119 e. The van der Waals surface area contributed by atoms with Crippen molar-refractivity contribution in [1.82, 2.24) is 0 Å². The number of unbranched alkanes of at least 4 members (excludes halogenated alkanes) is 5. The van der Waals surface area contributed by atoms with Crippen LogP contribution in [-0.2, 0) is 0 Å². The van der Waals surface area contributed by atoms with Gasteiger partial charge in [0.15, 0.2) is 0 Å². The largest absolute Gasteiger partial charge is 0.494 e. The molecule has 146 valence electrons. The van der Waals surface area contributed by atoms with Gasteiger partial charge in [0.2, 0.25) is 0 Å². The zero-order chi connectivity index (χ0) is 18.5. The van der Waals surface area contributed by atoms with Gasteiger partial charge >= 0.3 is 0 Å². The van der Waals surface area contributed by atoms with E-state index in [1.165, 1.54) is 70.6 Å². The van der Waals surface area contributed by atoms with Crippen LogP contribution in [0.3, 0.4) is 0 Å². The normalized spacial score (nSPS) is 18.4. The third-order valence-corrected chi connectivity index (χ3v) is 5.95. The Morgan fingerprint density at radius 3 is 2.50 bits per heavy atom. The number of allylic oxidation sites excluding steroid dienone is 2. The molecule has 0 aromatic heterocycles. The van der Waals surface area contributed by atoms with E-state index in [1.807, 2.05) is 30.3 Å². The van der Waals surface area contributed by atoms with Gasteiger partial charge in [-0.15, -0.1) is 0 Å². The first kappa shape index (κ1) is 21.1. The van der Waals surface area contributed by atoms with Crippen LogP contribution in [0.15, 0.2) is 42.0 Å². The second-order valence-corrected chi connectivity index (χ2v) is 8.18. The van der Waals surface area contributed by atoms with Crippen LogP contribution >= 0.6 is 0 Å². The van der Waals surface area contributed by atoms with Crippen molar-refractivity contribution in [3.8, 4) is 5.75 Å². The molecule has 0 saturated heterocycles. The van der Waals surface area contributed by atoms with Crippen LogP contribution in [0.2, 0.25) is 0 Å². The van der Waals surface area contributed by atoms with Gasteiger partial charge in [0.05, 0.1) is 6.61 Å². The van der Waals surface area contributed by atoms with E-state index in [9.17, 15) is 0 Å². The summed E-state index contributed by atoms with van der Waals surface area (Å²) in [5.41, 5.74) is 1.71. The maximum Gasteiger partial charge on any atom is 0.119 e. The molecule has 1 aliphatic rings. The number of hydrogen-bond acceptors (Lipinski definition) is 1. The summed E-state index contributed by atoms with van der Waals surface area (Å²) >= 11 is 0. The molecule has 0 radical (unpaired) electrons. The molecule has 2 atom stereocenters. The minimum Gasteiger partial charge on any atom is -0.494 e. The van der Waals surface area contributed by atoms with Gasteiger partial charge in [0.1, 0.15) is 5.75 Å². The Morgan fingerprint density at radius 1 is 1.00 bits per heavy atom. The monoisotopic (exact) mass is 356 g/mol. The maximum atomic E-state index is 5.82. The summed E-state index contributed by atoms with van der Waals surface area (Å²) in [4.78, 5) is 0. The molecule has 0 amide bonds. The molecular weight excluding hydrogens is 316 g/mol. The summed E-state index contributed by atoms with van der Waals surface area (Å²) in [6, 6.07) is 10.2. The van der Waals surface area contributed by atoms with Crippen molar-refractivity contribution in [2.24, 2.45) is 11.8 Å². The lowest BCUT2D eigenvalue weighted by Crippen LogP contribution is -2.11. The van der Waals surface area contributed by atoms with Gasteiger partial charge < -0.3 is 4.74 Å². The average molecular weight is 357 g/mol. The van der Waals surface area contributed by atoms with Gasteiger partial charge in [-0.3, -0.25) is 0 Å². The summed E-state index contributed by atoms with van der Waals surface area (Å²) in [5, 5.41) is 0. The first-order chi connectivity index (χ1) is 12.8. The predicted octanol–water partition coefficient (Wildman–Crippen LogP) is 7.96. The van der Waals surface area contributed by atoms with E-state index in [1.54, 1.807) is 5.57 Å². The first-order valence-corrected chi connectivity index (χ1v) is 11.2. The fourth-order valence-corrected chi connectivity index (χ4v) is 4.11. The van der Waals surface area contributed by atoms with Crippen LogP contribution < -0.4 is 4.74 Å². The van der Waals surface area contributed by atoms with E-state index < -0.39 is 0 Å². The third-order valence-electron chi connectivity index (χ3n) is 5.95. The molecule has 0 aliphatic heterocycles. The molecule has 1 aromatic rings. The van der Waals surface area contributed by atoms with Crippen molar-refractivity contribution in [2.45, 2.75) is 90.9 Å². The van der Waals surface area contributed by atoms with Gasteiger partial charge in [-0.25, -0.2) is 0 Å². The highest BCUT2D eigenvalue weighted by atomic mass is 16.5.